The summed E-state index contributed by atoms with van der Waals surface area (Å²) in [5.74, 6) is 2.32. The number of amides is 3. The standard InChI is InChI=1S/C13H19N3O2/c17-11-7-16(12(18)14-11)15-13-4-8-1-9(5-13)3-10(2-8)6-13/h8-10,15H,1-7H2,(H,14,17,18). The molecule has 0 radical (unpaired) electrons. The monoisotopic (exact) mass is 249 g/mol. The molecule has 0 unspecified atom stereocenters. The first-order chi connectivity index (χ1) is 8.62. The third-order valence-corrected chi connectivity index (χ3v) is 5.20. The summed E-state index contributed by atoms with van der Waals surface area (Å²) in [5, 5.41) is 3.83. The number of urea groups is 1. The Balaban J connectivity index is 1.54. The van der Waals surface area contributed by atoms with Crippen LogP contribution >= 0.6 is 0 Å². The highest BCUT2D eigenvalue weighted by Gasteiger charge is 2.52. The van der Waals surface area contributed by atoms with Gasteiger partial charge in [0.15, 0.2) is 0 Å². The quantitative estimate of drug-likeness (QED) is 0.718. The number of hydrazine groups is 1. The van der Waals surface area contributed by atoms with E-state index in [4.69, 9.17) is 0 Å². The molecule has 5 nitrogen and oxygen atoms in total. The van der Waals surface area contributed by atoms with Crippen LogP contribution in [0.4, 0.5) is 4.79 Å². The second-order valence-corrected chi connectivity index (χ2v) is 6.75. The molecule has 1 saturated heterocycles. The average molecular weight is 249 g/mol. The minimum atomic E-state index is -0.282. The van der Waals surface area contributed by atoms with Gasteiger partial charge in [0.05, 0.1) is 0 Å². The Kier molecular flexibility index (Phi) is 2.08. The lowest BCUT2D eigenvalue weighted by Crippen LogP contribution is -2.63. The number of carbonyl (C=O) groups is 2. The topological polar surface area (TPSA) is 61.4 Å². The molecule has 3 amide bonds. The number of hydrogen-bond donors (Lipinski definition) is 2. The van der Waals surface area contributed by atoms with Crippen molar-refractivity contribution in [3.8, 4) is 0 Å². The fourth-order valence-electron chi connectivity index (χ4n) is 5.07. The zero-order valence-electron chi connectivity index (χ0n) is 10.4. The number of hydrogen-bond acceptors (Lipinski definition) is 3. The van der Waals surface area contributed by atoms with Crippen LogP contribution in [0.3, 0.4) is 0 Å². The molecule has 4 bridgehead atoms. The number of rotatable bonds is 2. The molecule has 5 fully saturated rings. The summed E-state index contributed by atoms with van der Waals surface area (Å²) < 4.78 is 0. The molecule has 2 N–H and O–H groups in total. The molecular formula is C13H19N3O2. The van der Waals surface area contributed by atoms with E-state index in [2.05, 4.69) is 10.7 Å². The van der Waals surface area contributed by atoms with Crippen LogP contribution in [0.1, 0.15) is 38.5 Å². The van der Waals surface area contributed by atoms with Gasteiger partial charge in [-0.2, -0.15) is 0 Å². The molecule has 18 heavy (non-hydrogen) atoms. The molecule has 5 heteroatoms. The van der Waals surface area contributed by atoms with Gasteiger partial charge in [0, 0.05) is 5.54 Å². The molecule has 0 aromatic carbocycles. The summed E-state index contributed by atoms with van der Waals surface area (Å²) in [5.41, 5.74) is 3.50. The molecule has 1 heterocycles. The first-order valence-electron chi connectivity index (χ1n) is 7.01. The summed E-state index contributed by atoms with van der Waals surface area (Å²) in [6.45, 7) is 0.167. The van der Waals surface area contributed by atoms with Crippen molar-refractivity contribution in [3.63, 3.8) is 0 Å². The van der Waals surface area contributed by atoms with Gasteiger partial charge in [-0.25, -0.2) is 15.2 Å². The van der Waals surface area contributed by atoms with Gasteiger partial charge in [0.2, 0.25) is 5.91 Å². The van der Waals surface area contributed by atoms with Gasteiger partial charge in [-0.15, -0.1) is 0 Å². The van der Waals surface area contributed by atoms with Crippen molar-refractivity contribution in [1.29, 1.82) is 0 Å². The average Bonchev–Trinajstić information content (AvgIpc) is 2.54. The Morgan fingerprint density at radius 1 is 1.06 bits per heavy atom. The predicted octanol–water partition coefficient (Wildman–Crippen LogP) is 1.01. The normalized spacial score (nSPS) is 45.8. The minimum absolute atomic E-state index is 0.0940. The van der Waals surface area contributed by atoms with E-state index in [1.165, 1.54) is 43.5 Å². The maximum absolute atomic E-state index is 11.6. The molecule has 4 aliphatic carbocycles. The highest BCUT2D eigenvalue weighted by molar-refractivity contribution is 6.01. The number of imide groups is 1. The van der Waals surface area contributed by atoms with Crippen LogP contribution in [-0.2, 0) is 4.79 Å². The fourth-order valence-corrected chi connectivity index (χ4v) is 5.07. The van der Waals surface area contributed by atoms with E-state index in [0.29, 0.717) is 0 Å². The van der Waals surface area contributed by atoms with Gasteiger partial charge in [-0.1, -0.05) is 0 Å². The Morgan fingerprint density at radius 3 is 2.06 bits per heavy atom. The summed E-state index contributed by atoms with van der Waals surface area (Å²) >= 11 is 0. The van der Waals surface area contributed by atoms with E-state index in [1.807, 2.05) is 0 Å². The summed E-state index contributed by atoms with van der Waals surface area (Å²) in [6.07, 6.45) is 7.68. The number of carbonyl (C=O) groups excluding carboxylic acids is 2. The Hall–Kier alpha value is -1.10. The van der Waals surface area contributed by atoms with Crippen LogP contribution < -0.4 is 10.7 Å². The lowest BCUT2D eigenvalue weighted by atomic mass is 9.53. The molecule has 1 aliphatic heterocycles. The van der Waals surface area contributed by atoms with E-state index in [1.54, 1.807) is 0 Å². The maximum atomic E-state index is 11.6. The van der Waals surface area contributed by atoms with Crippen LogP contribution in [0.5, 0.6) is 0 Å². The first kappa shape index (κ1) is 10.8. The van der Waals surface area contributed by atoms with Crippen LogP contribution in [0.15, 0.2) is 0 Å². The van der Waals surface area contributed by atoms with Crippen LogP contribution in [0, 0.1) is 17.8 Å². The van der Waals surface area contributed by atoms with Gasteiger partial charge < -0.3 is 0 Å². The molecule has 0 atom stereocenters. The lowest BCUT2D eigenvalue weighted by Gasteiger charge is -2.57. The fraction of sp³-hybridized carbons (Fsp3) is 0.846. The SMILES string of the molecule is O=C1CN(NC23CC4CC(CC(C4)C2)C3)C(=O)N1. The summed E-state index contributed by atoms with van der Waals surface area (Å²) in [7, 11) is 0. The molecule has 0 aromatic heterocycles. The lowest BCUT2D eigenvalue weighted by molar-refractivity contribution is -0.119. The van der Waals surface area contributed by atoms with E-state index in [-0.39, 0.29) is 24.0 Å². The summed E-state index contributed by atoms with van der Waals surface area (Å²) in [4.78, 5) is 22.9. The molecule has 0 aromatic rings. The molecule has 98 valence electrons. The Bertz CT molecular complexity index is 385. The Labute approximate surface area is 106 Å². The van der Waals surface area contributed by atoms with Crippen molar-refractivity contribution in [3.05, 3.63) is 0 Å². The predicted molar refractivity (Wildman–Crippen MR) is 64.3 cm³/mol. The highest BCUT2D eigenvalue weighted by atomic mass is 16.2. The molecular weight excluding hydrogens is 230 g/mol. The number of nitrogens with one attached hydrogen (secondary N) is 2. The van der Waals surface area contributed by atoms with Crippen molar-refractivity contribution in [2.45, 2.75) is 44.1 Å². The van der Waals surface area contributed by atoms with E-state index in [9.17, 15) is 9.59 Å². The third kappa shape index (κ3) is 1.56. The van der Waals surface area contributed by atoms with Crippen LogP contribution in [-0.4, -0.2) is 29.0 Å². The molecule has 5 rings (SSSR count). The highest BCUT2D eigenvalue weighted by Crippen LogP contribution is 2.55. The largest absolute Gasteiger partial charge is 0.338 e. The van der Waals surface area contributed by atoms with Gasteiger partial charge in [0.25, 0.3) is 0 Å². The van der Waals surface area contributed by atoms with Crippen molar-refractivity contribution >= 4 is 11.9 Å². The zero-order valence-corrected chi connectivity index (χ0v) is 10.4. The Morgan fingerprint density at radius 2 is 1.61 bits per heavy atom. The molecule has 5 aliphatic rings. The van der Waals surface area contributed by atoms with E-state index < -0.39 is 0 Å². The zero-order chi connectivity index (χ0) is 12.3. The van der Waals surface area contributed by atoms with Crippen molar-refractivity contribution in [1.82, 2.24) is 15.8 Å². The minimum Gasteiger partial charge on any atom is -0.275 e. The van der Waals surface area contributed by atoms with Gasteiger partial charge in [-0.3, -0.25) is 10.1 Å². The van der Waals surface area contributed by atoms with Crippen molar-refractivity contribution in [2.24, 2.45) is 17.8 Å². The van der Waals surface area contributed by atoms with E-state index >= 15 is 0 Å². The van der Waals surface area contributed by atoms with Crippen LogP contribution in [0.2, 0.25) is 0 Å². The van der Waals surface area contributed by atoms with Gasteiger partial charge >= 0.3 is 6.03 Å². The van der Waals surface area contributed by atoms with Crippen molar-refractivity contribution in [2.75, 3.05) is 6.54 Å². The molecule has 4 saturated carbocycles. The van der Waals surface area contributed by atoms with Gasteiger partial charge in [-0.05, 0) is 56.3 Å². The summed E-state index contributed by atoms with van der Waals surface area (Å²) in [6, 6.07) is -0.282. The number of nitrogens with zero attached hydrogens (tertiary/aromatic N) is 1. The van der Waals surface area contributed by atoms with Crippen molar-refractivity contribution < 1.29 is 9.59 Å². The van der Waals surface area contributed by atoms with Crippen LogP contribution in [0.25, 0.3) is 0 Å². The maximum Gasteiger partial charge on any atom is 0.338 e. The molecule has 0 spiro atoms. The second kappa shape index (κ2) is 3.47. The van der Waals surface area contributed by atoms with Gasteiger partial charge in [0.1, 0.15) is 6.54 Å². The first-order valence-corrected chi connectivity index (χ1v) is 7.01. The van der Waals surface area contributed by atoms with E-state index in [0.717, 1.165) is 17.8 Å². The third-order valence-electron chi connectivity index (χ3n) is 5.20. The smallest absolute Gasteiger partial charge is 0.275 e. The second-order valence-electron chi connectivity index (χ2n) is 6.75.